The number of carbonyl (C=O) groups excluding carboxylic acids is 4. The highest BCUT2D eigenvalue weighted by atomic mass is 16.2. The first-order chi connectivity index (χ1) is 9.58. The molecule has 0 bridgehead atoms. The Morgan fingerprint density at radius 3 is 2.60 bits per heavy atom. The zero-order valence-electron chi connectivity index (χ0n) is 10.6. The Labute approximate surface area is 114 Å². The lowest BCUT2D eigenvalue weighted by Gasteiger charge is -2.34. The molecule has 2 aliphatic heterocycles. The minimum atomic E-state index is -0.888. The van der Waals surface area contributed by atoms with Crippen molar-refractivity contribution < 1.29 is 19.2 Å². The van der Waals surface area contributed by atoms with Gasteiger partial charge in [-0.1, -0.05) is 18.2 Å². The van der Waals surface area contributed by atoms with Crippen LogP contribution in [0.1, 0.15) is 28.8 Å². The second-order valence-corrected chi connectivity index (χ2v) is 4.87. The number of fused-ring (bicyclic) bond motifs is 1. The van der Waals surface area contributed by atoms with E-state index >= 15 is 0 Å². The van der Waals surface area contributed by atoms with Gasteiger partial charge in [0.05, 0.1) is 6.42 Å². The summed E-state index contributed by atoms with van der Waals surface area (Å²) in [6.07, 6.45) is 0.416. The zero-order valence-corrected chi connectivity index (χ0v) is 10.6. The molecule has 0 aromatic heterocycles. The standard InChI is InChI=1S/C14H12N2O4/c17-11-6-5-10(13(19)15-11)16-12(18)7-8-3-1-2-4-9(8)14(16)20/h1-4,10H,5-7H2,(H,15,17,19)/t10-/m1/s1. The molecule has 20 heavy (non-hydrogen) atoms. The van der Waals surface area contributed by atoms with Crippen LogP contribution in [-0.4, -0.2) is 34.6 Å². The Morgan fingerprint density at radius 2 is 1.85 bits per heavy atom. The number of amides is 4. The Morgan fingerprint density at radius 1 is 1.10 bits per heavy atom. The van der Waals surface area contributed by atoms with Crippen molar-refractivity contribution in [3.05, 3.63) is 35.4 Å². The van der Waals surface area contributed by atoms with Gasteiger partial charge in [-0.25, -0.2) is 0 Å². The summed E-state index contributed by atoms with van der Waals surface area (Å²) in [6, 6.07) is 5.97. The molecule has 0 unspecified atom stereocenters. The van der Waals surface area contributed by atoms with Gasteiger partial charge in [-0.15, -0.1) is 0 Å². The van der Waals surface area contributed by atoms with Gasteiger partial charge in [-0.3, -0.25) is 29.4 Å². The molecule has 1 atom stereocenters. The van der Waals surface area contributed by atoms with Crippen LogP contribution in [0.25, 0.3) is 0 Å². The van der Waals surface area contributed by atoms with Gasteiger partial charge in [-0.2, -0.15) is 0 Å². The van der Waals surface area contributed by atoms with Crippen LogP contribution in [0, 0.1) is 0 Å². The third-order valence-corrected chi connectivity index (χ3v) is 3.60. The van der Waals surface area contributed by atoms with E-state index in [2.05, 4.69) is 5.32 Å². The van der Waals surface area contributed by atoms with Gasteiger partial charge in [0, 0.05) is 12.0 Å². The lowest BCUT2D eigenvalue weighted by Crippen LogP contribution is -2.57. The van der Waals surface area contributed by atoms with Crippen molar-refractivity contribution in [2.75, 3.05) is 0 Å². The van der Waals surface area contributed by atoms with Crippen LogP contribution >= 0.6 is 0 Å². The highest BCUT2D eigenvalue weighted by Crippen LogP contribution is 2.24. The van der Waals surface area contributed by atoms with Crippen molar-refractivity contribution in [2.24, 2.45) is 0 Å². The summed E-state index contributed by atoms with van der Waals surface area (Å²) in [7, 11) is 0. The molecule has 1 saturated heterocycles. The van der Waals surface area contributed by atoms with Gasteiger partial charge < -0.3 is 0 Å². The molecule has 6 heteroatoms. The number of hydrogen-bond donors (Lipinski definition) is 1. The molecule has 2 heterocycles. The van der Waals surface area contributed by atoms with Crippen LogP contribution < -0.4 is 5.32 Å². The molecule has 1 fully saturated rings. The SMILES string of the molecule is O=C1CC[C@@H](N2C(=O)Cc3ccccc3C2=O)C(=O)N1. The number of hydrogen-bond acceptors (Lipinski definition) is 4. The Hall–Kier alpha value is -2.50. The second-order valence-electron chi connectivity index (χ2n) is 4.87. The molecule has 2 aliphatic rings. The molecule has 4 amide bonds. The van der Waals surface area contributed by atoms with Crippen molar-refractivity contribution in [3.8, 4) is 0 Å². The normalized spacial score (nSPS) is 22.6. The van der Waals surface area contributed by atoms with Crippen LogP contribution in [0.3, 0.4) is 0 Å². The number of imide groups is 2. The van der Waals surface area contributed by atoms with E-state index in [-0.39, 0.29) is 25.2 Å². The Balaban J connectivity index is 1.95. The molecule has 6 nitrogen and oxygen atoms in total. The van der Waals surface area contributed by atoms with Gasteiger partial charge in [0.25, 0.3) is 5.91 Å². The molecular formula is C14H12N2O4. The fourth-order valence-corrected chi connectivity index (χ4v) is 2.62. The number of carbonyl (C=O) groups is 4. The molecule has 1 N–H and O–H groups in total. The van der Waals surface area contributed by atoms with Crippen molar-refractivity contribution in [3.63, 3.8) is 0 Å². The fourth-order valence-electron chi connectivity index (χ4n) is 2.62. The molecular weight excluding hydrogens is 260 g/mol. The number of benzene rings is 1. The van der Waals surface area contributed by atoms with E-state index in [9.17, 15) is 19.2 Å². The van der Waals surface area contributed by atoms with Gasteiger partial charge in [0.2, 0.25) is 17.7 Å². The monoisotopic (exact) mass is 272 g/mol. The minimum absolute atomic E-state index is 0.0969. The largest absolute Gasteiger partial charge is 0.295 e. The maximum Gasteiger partial charge on any atom is 0.261 e. The van der Waals surface area contributed by atoms with Crippen LogP contribution in [0.15, 0.2) is 24.3 Å². The number of piperidine rings is 1. The van der Waals surface area contributed by atoms with Crippen molar-refractivity contribution in [1.29, 1.82) is 0 Å². The number of rotatable bonds is 1. The van der Waals surface area contributed by atoms with Gasteiger partial charge in [-0.05, 0) is 18.1 Å². The van der Waals surface area contributed by atoms with Crippen LogP contribution in [-0.2, 0) is 20.8 Å². The van der Waals surface area contributed by atoms with E-state index < -0.39 is 23.8 Å². The minimum Gasteiger partial charge on any atom is -0.295 e. The van der Waals surface area contributed by atoms with E-state index in [1.807, 2.05) is 0 Å². The van der Waals surface area contributed by atoms with Gasteiger partial charge in [0.15, 0.2) is 0 Å². The predicted molar refractivity (Wildman–Crippen MR) is 67.5 cm³/mol. The molecule has 102 valence electrons. The fraction of sp³-hybridized carbons (Fsp3) is 0.286. The highest BCUT2D eigenvalue weighted by Gasteiger charge is 2.41. The average molecular weight is 272 g/mol. The third kappa shape index (κ3) is 1.89. The first-order valence-electron chi connectivity index (χ1n) is 6.36. The van der Waals surface area contributed by atoms with E-state index in [1.54, 1.807) is 24.3 Å². The maximum atomic E-state index is 12.4. The first-order valence-corrected chi connectivity index (χ1v) is 6.36. The summed E-state index contributed by atoms with van der Waals surface area (Å²) < 4.78 is 0. The quantitative estimate of drug-likeness (QED) is 0.730. The third-order valence-electron chi connectivity index (χ3n) is 3.60. The van der Waals surface area contributed by atoms with Gasteiger partial charge >= 0.3 is 0 Å². The molecule has 1 aromatic rings. The van der Waals surface area contributed by atoms with Crippen molar-refractivity contribution in [2.45, 2.75) is 25.3 Å². The first kappa shape index (κ1) is 12.5. The smallest absolute Gasteiger partial charge is 0.261 e. The Bertz CT molecular complexity index is 638. The zero-order chi connectivity index (χ0) is 14.3. The van der Waals surface area contributed by atoms with E-state index in [0.29, 0.717) is 11.1 Å². The molecule has 3 rings (SSSR count). The summed E-state index contributed by atoms with van der Waals surface area (Å²) in [6.45, 7) is 0. The van der Waals surface area contributed by atoms with E-state index in [4.69, 9.17) is 0 Å². The molecule has 0 saturated carbocycles. The highest BCUT2D eigenvalue weighted by molar-refractivity contribution is 6.13. The van der Waals surface area contributed by atoms with Crippen LogP contribution in [0.5, 0.6) is 0 Å². The molecule has 1 aromatic carbocycles. The van der Waals surface area contributed by atoms with E-state index in [0.717, 1.165) is 4.90 Å². The van der Waals surface area contributed by atoms with Crippen LogP contribution in [0.2, 0.25) is 0 Å². The lowest BCUT2D eigenvalue weighted by molar-refractivity contribution is -0.143. The molecule has 0 spiro atoms. The molecule has 0 radical (unpaired) electrons. The van der Waals surface area contributed by atoms with Crippen LogP contribution in [0.4, 0.5) is 0 Å². The summed E-state index contributed by atoms with van der Waals surface area (Å²) >= 11 is 0. The molecule has 0 aliphatic carbocycles. The number of nitrogens with zero attached hydrogens (tertiary/aromatic N) is 1. The van der Waals surface area contributed by atoms with Crippen molar-refractivity contribution in [1.82, 2.24) is 10.2 Å². The topological polar surface area (TPSA) is 83.6 Å². The summed E-state index contributed by atoms with van der Waals surface area (Å²) in [4.78, 5) is 48.5. The predicted octanol–water partition coefficient (Wildman–Crippen LogP) is 0.0167. The van der Waals surface area contributed by atoms with E-state index in [1.165, 1.54) is 0 Å². The summed E-state index contributed by atoms with van der Waals surface area (Å²) in [5.41, 5.74) is 1.11. The average Bonchev–Trinajstić information content (AvgIpc) is 2.41. The second kappa shape index (κ2) is 4.56. The maximum absolute atomic E-state index is 12.4. The van der Waals surface area contributed by atoms with Gasteiger partial charge in [0.1, 0.15) is 6.04 Å². The summed E-state index contributed by atoms with van der Waals surface area (Å²) in [5.74, 6) is -1.82. The lowest BCUT2D eigenvalue weighted by atomic mass is 9.95. The Kier molecular flexibility index (Phi) is 2.85. The van der Waals surface area contributed by atoms with Crippen molar-refractivity contribution >= 4 is 23.6 Å². The number of nitrogens with one attached hydrogen (secondary N) is 1. The summed E-state index contributed by atoms with van der Waals surface area (Å²) in [5, 5.41) is 2.17.